The highest BCUT2D eigenvalue weighted by Gasteiger charge is 2.46. The maximum Gasteiger partial charge on any atom is 0.329 e. The minimum atomic E-state index is -1.75. The second-order valence-electron chi connectivity index (χ2n) is 23.3. The van der Waals surface area contributed by atoms with Crippen molar-refractivity contribution in [2.24, 2.45) is 29.6 Å². The Balaban J connectivity index is 1.88. The smallest absolute Gasteiger partial charge is 0.329 e. The Morgan fingerprint density at radius 3 is 2.08 bits per heavy atom. The van der Waals surface area contributed by atoms with Crippen molar-refractivity contribution in [3.05, 3.63) is 29.8 Å². The van der Waals surface area contributed by atoms with Gasteiger partial charge in [-0.1, -0.05) is 73.9 Å². The number of ether oxygens (including phenoxy) is 3. The van der Waals surface area contributed by atoms with Crippen LogP contribution >= 0.6 is 0 Å². The van der Waals surface area contributed by atoms with E-state index in [2.05, 4.69) is 16.0 Å². The van der Waals surface area contributed by atoms with Crippen molar-refractivity contribution in [2.75, 3.05) is 34.3 Å². The number of nitrogens with one attached hydrogen (secondary N) is 3. The van der Waals surface area contributed by atoms with Gasteiger partial charge in [0, 0.05) is 27.2 Å². The third-order valence-corrected chi connectivity index (χ3v) is 15.8. The number of benzene rings is 1. The summed E-state index contributed by atoms with van der Waals surface area (Å²) in [5.41, 5.74) is 0.771. The highest BCUT2D eigenvalue weighted by Crippen LogP contribution is 2.27. The molecule has 0 spiro atoms. The molecule has 5 N–H and O–H groups in total. The van der Waals surface area contributed by atoms with Gasteiger partial charge in [0.1, 0.15) is 54.2 Å². The summed E-state index contributed by atoms with van der Waals surface area (Å²) in [5.74, 6) is -10.1. The zero-order valence-electron chi connectivity index (χ0n) is 49.5. The highest BCUT2D eigenvalue weighted by atomic mass is 16.6. The van der Waals surface area contributed by atoms with E-state index in [0.29, 0.717) is 25.0 Å². The first-order valence-electron chi connectivity index (χ1n) is 28.5. The van der Waals surface area contributed by atoms with Crippen molar-refractivity contribution < 1.29 is 72.4 Å². The van der Waals surface area contributed by atoms with E-state index >= 15 is 4.79 Å². The van der Waals surface area contributed by atoms with Gasteiger partial charge in [-0.25, -0.2) is 4.79 Å². The number of cyclic esters (lactones) is 2. The van der Waals surface area contributed by atoms with Gasteiger partial charge in [-0.15, -0.1) is 0 Å². The molecular formula is C58H91N7O15. The van der Waals surface area contributed by atoms with Crippen LogP contribution in [0, 0.1) is 29.6 Å². The number of esters is 2. The molecule has 3 fully saturated rings. The van der Waals surface area contributed by atoms with Crippen molar-refractivity contribution in [3.63, 3.8) is 0 Å². The molecule has 0 bridgehead atoms. The topological polar surface area (TPSA) is 288 Å². The van der Waals surface area contributed by atoms with Gasteiger partial charge in [-0.05, 0) is 114 Å². The number of aliphatic hydroxyl groups excluding tert-OH is 2. The zero-order valence-corrected chi connectivity index (χ0v) is 49.5. The summed E-state index contributed by atoms with van der Waals surface area (Å²) in [4.78, 5) is 149. The number of amides is 7. The largest absolute Gasteiger partial charge is 0.497 e. The molecule has 0 saturated carbocycles. The number of likely N-dealkylation sites (tertiary alicyclic amines) is 1. The number of fused-ring (bicyclic) bond motifs is 1. The quantitative estimate of drug-likeness (QED) is 0.118. The molecule has 22 heteroatoms. The molecule has 22 nitrogen and oxygen atoms in total. The highest BCUT2D eigenvalue weighted by molar-refractivity contribution is 6.05. The van der Waals surface area contributed by atoms with Crippen molar-refractivity contribution in [1.29, 1.82) is 0 Å². The van der Waals surface area contributed by atoms with Crippen LogP contribution in [0.5, 0.6) is 5.75 Å². The summed E-state index contributed by atoms with van der Waals surface area (Å²) >= 11 is 0. The monoisotopic (exact) mass is 1130 g/mol. The van der Waals surface area contributed by atoms with Gasteiger partial charge < -0.3 is 60.0 Å². The summed E-state index contributed by atoms with van der Waals surface area (Å²) in [6.45, 7) is 18.5. The fourth-order valence-electron chi connectivity index (χ4n) is 10.7. The first-order valence-corrected chi connectivity index (χ1v) is 28.5. The summed E-state index contributed by atoms with van der Waals surface area (Å²) in [5, 5.41) is 30.3. The minimum absolute atomic E-state index is 0.0170. The van der Waals surface area contributed by atoms with Crippen LogP contribution in [0.25, 0.3) is 0 Å². The summed E-state index contributed by atoms with van der Waals surface area (Å²) in [6.07, 6.45) is -4.59. The first-order chi connectivity index (χ1) is 37.5. The Morgan fingerprint density at radius 1 is 0.863 bits per heavy atom. The molecule has 0 radical (unpaired) electrons. The lowest BCUT2D eigenvalue weighted by atomic mass is 9.91. The number of Topliss-reactive ketones (excluding diaryl/α,β-unsaturated/α-hetero) is 1. The number of likely N-dealkylation sites (N-methyl/N-ethyl adjacent to an activating group) is 2. The summed E-state index contributed by atoms with van der Waals surface area (Å²) < 4.78 is 17.2. The van der Waals surface area contributed by atoms with E-state index < -0.39 is 150 Å². The standard InChI is InChI=1S/C58H91N7O15/c1-15-34(8)47-45(67)30-46(68)80-50(33(6)7)49(69)35(9)51(70)59-40(28-31(2)3)55(74)65-27-17-19-42(65)56(75)62(12)43(25-22-38-20-23-39(78-14)24-21-38)58(77)79-37(11)48(53(72)60-47)61-52(71)44(29-32(4)5)63(13)57(76)41-18-16-26-64(41)54(73)36(10)66/h20-21,23-24,31-37,40-45,47-48,50,66-67H,15-19,22,25-30H2,1-14H3,(H,59,70)(H,60,72)(H,61,71)/t34?,35-,36?,37+,40-,41?,42-,43-,44+,45-,47?,48-,50-/m0/s1. The Bertz CT molecular complexity index is 2350. The lowest BCUT2D eigenvalue weighted by molar-refractivity contribution is -0.163. The zero-order chi connectivity index (χ0) is 60.0. The van der Waals surface area contributed by atoms with E-state index in [9.17, 15) is 53.4 Å². The van der Waals surface area contributed by atoms with E-state index in [1.54, 1.807) is 52.0 Å². The van der Waals surface area contributed by atoms with Gasteiger partial charge in [-0.2, -0.15) is 0 Å². The van der Waals surface area contributed by atoms with E-state index in [1.165, 1.54) is 61.6 Å². The molecule has 448 valence electrons. The van der Waals surface area contributed by atoms with Gasteiger partial charge in [0.15, 0.2) is 11.9 Å². The molecule has 3 aliphatic heterocycles. The van der Waals surface area contributed by atoms with Gasteiger partial charge >= 0.3 is 11.9 Å². The molecule has 3 heterocycles. The number of carbonyl (C=O) groups excluding carboxylic acids is 10. The van der Waals surface area contributed by atoms with Crippen LogP contribution in [-0.2, 0) is 63.8 Å². The summed E-state index contributed by atoms with van der Waals surface area (Å²) in [6, 6.07) is -1.74. The number of aryl methyl sites for hydroxylation is 1. The van der Waals surface area contributed by atoms with Crippen molar-refractivity contribution in [3.8, 4) is 5.75 Å². The lowest BCUT2D eigenvalue weighted by Gasteiger charge is -2.36. The number of hydrogen-bond acceptors (Lipinski definition) is 15. The van der Waals surface area contributed by atoms with Crippen molar-refractivity contribution >= 4 is 59.1 Å². The van der Waals surface area contributed by atoms with Crippen molar-refractivity contribution in [2.45, 2.75) is 207 Å². The molecule has 0 aliphatic carbocycles. The first kappa shape index (κ1) is 66.4. The molecule has 4 rings (SSSR count). The molecule has 4 unspecified atom stereocenters. The Labute approximate surface area is 472 Å². The number of hydrogen-bond donors (Lipinski definition) is 5. The Kier molecular flexibility index (Phi) is 24.9. The van der Waals surface area contributed by atoms with Crippen LogP contribution < -0.4 is 20.7 Å². The molecule has 3 saturated heterocycles. The fourth-order valence-corrected chi connectivity index (χ4v) is 10.7. The van der Waals surface area contributed by atoms with Gasteiger partial charge in [-0.3, -0.25) is 43.2 Å². The number of nitrogens with zero attached hydrogens (tertiary/aromatic N) is 4. The van der Waals surface area contributed by atoms with Gasteiger partial charge in [0.05, 0.1) is 31.6 Å². The number of methoxy groups -OCH3 is 1. The maximum absolute atomic E-state index is 15.0. The SMILES string of the molecule is CCC(C)C1NC(=O)[C@@H](NC(=O)[C@@H](CC(C)C)N(C)C(=O)C2CCCN2C(=O)C(C)O)[C@@H](C)OC(=O)[C@H](CCc2ccc(OC)cc2)N(C)C(=O)[C@@H]2CCCN2C(=O)[C@H](CC(C)C)NC(=O)[C@@H](C)C(=O)[C@H](C(C)C)OC(=O)C[C@@H]1O. The molecular weight excluding hydrogens is 1030 g/mol. The molecule has 13 atom stereocenters. The number of carbonyl (C=O) groups is 10. The van der Waals surface area contributed by atoms with E-state index in [0.717, 1.165) is 5.56 Å². The maximum atomic E-state index is 15.0. The molecule has 1 aromatic carbocycles. The number of ketones is 1. The third-order valence-electron chi connectivity index (χ3n) is 15.8. The fraction of sp³-hybridized carbons (Fsp3) is 0.724. The summed E-state index contributed by atoms with van der Waals surface area (Å²) in [7, 11) is 4.35. The van der Waals surface area contributed by atoms with E-state index in [4.69, 9.17) is 14.2 Å². The van der Waals surface area contributed by atoms with Crippen LogP contribution in [0.1, 0.15) is 140 Å². The molecule has 1 aromatic rings. The average molecular weight is 1130 g/mol. The predicted octanol–water partition coefficient (Wildman–Crippen LogP) is 2.71. The Morgan fingerprint density at radius 2 is 1.50 bits per heavy atom. The predicted molar refractivity (Wildman–Crippen MR) is 295 cm³/mol. The Hall–Kier alpha value is -6.16. The van der Waals surface area contributed by atoms with Crippen LogP contribution in [0.15, 0.2) is 24.3 Å². The minimum Gasteiger partial charge on any atom is -0.497 e. The van der Waals surface area contributed by atoms with Crippen LogP contribution in [0.3, 0.4) is 0 Å². The second kappa shape index (κ2) is 30.1. The molecule has 7 amide bonds. The van der Waals surface area contributed by atoms with Crippen LogP contribution in [-0.4, -0.2) is 190 Å². The van der Waals surface area contributed by atoms with Crippen LogP contribution in [0.4, 0.5) is 0 Å². The number of aliphatic hydroxyl groups is 2. The van der Waals surface area contributed by atoms with Crippen molar-refractivity contribution in [1.82, 2.24) is 35.6 Å². The third kappa shape index (κ3) is 17.2. The normalized spacial score (nSPS) is 27.5. The second-order valence-corrected chi connectivity index (χ2v) is 23.3. The average Bonchev–Trinajstić information content (AvgIpc) is 4.12. The van der Waals surface area contributed by atoms with E-state index in [-0.39, 0.29) is 63.5 Å². The van der Waals surface area contributed by atoms with Gasteiger partial charge in [0.2, 0.25) is 35.4 Å². The number of rotatable bonds is 16. The molecule has 0 aromatic heterocycles. The van der Waals surface area contributed by atoms with Gasteiger partial charge in [0.25, 0.3) is 5.91 Å². The van der Waals surface area contributed by atoms with E-state index in [1.807, 2.05) is 27.7 Å². The lowest BCUT2D eigenvalue weighted by Crippen LogP contribution is -2.62. The molecule has 80 heavy (non-hydrogen) atoms. The van der Waals surface area contributed by atoms with Crippen LogP contribution in [0.2, 0.25) is 0 Å². The molecule has 3 aliphatic rings.